The highest BCUT2D eigenvalue weighted by molar-refractivity contribution is 7.89. The molecule has 19 heavy (non-hydrogen) atoms. The van der Waals surface area contributed by atoms with E-state index in [2.05, 4.69) is 14.7 Å². The molecule has 0 saturated heterocycles. The number of sulfonamides is 1. The van der Waals surface area contributed by atoms with Gasteiger partial charge in [-0.1, -0.05) is 5.16 Å². The van der Waals surface area contributed by atoms with Crippen LogP contribution in [0.2, 0.25) is 0 Å². The summed E-state index contributed by atoms with van der Waals surface area (Å²) in [7, 11) is -4.28. The zero-order valence-electron chi connectivity index (χ0n) is 9.30. The molecule has 7 nitrogen and oxygen atoms in total. The Labute approximate surface area is 106 Å². The van der Waals surface area contributed by atoms with E-state index in [4.69, 9.17) is 5.73 Å². The van der Waals surface area contributed by atoms with Gasteiger partial charge in [0.25, 0.3) is 0 Å². The topological polar surface area (TPSA) is 111 Å². The van der Waals surface area contributed by atoms with Crippen molar-refractivity contribution in [1.82, 2.24) is 14.9 Å². The molecule has 1 aromatic carbocycles. The summed E-state index contributed by atoms with van der Waals surface area (Å²) in [6.07, 6.45) is 1.00. The van der Waals surface area contributed by atoms with E-state index in [1.54, 1.807) is 0 Å². The van der Waals surface area contributed by atoms with Crippen molar-refractivity contribution in [3.8, 4) is 0 Å². The van der Waals surface area contributed by atoms with Crippen molar-refractivity contribution in [2.24, 2.45) is 0 Å². The molecule has 0 saturated carbocycles. The number of nitrogen functional groups attached to an aromatic ring is 1. The van der Waals surface area contributed by atoms with E-state index in [0.717, 1.165) is 12.5 Å². The molecule has 0 unspecified atom stereocenters. The van der Waals surface area contributed by atoms with Gasteiger partial charge in [-0.25, -0.2) is 21.9 Å². The van der Waals surface area contributed by atoms with E-state index in [9.17, 15) is 17.2 Å². The molecular formula is C9H8F2N4O3S. The van der Waals surface area contributed by atoms with Crippen molar-refractivity contribution < 1.29 is 21.7 Å². The van der Waals surface area contributed by atoms with E-state index in [0.29, 0.717) is 6.07 Å². The van der Waals surface area contributed by atoms with Gasteiger partial charge in [-0.2, -0.15) is 4.98 Å². The first-order valence-electron chi connectivity index (χ1n) is 4.89. The third kappa shape index (κ3) is 2.85. The second-order valence-electron chi connectivity index (χ2n) is 3.49. The van der Waals surface area contributed by atoms with E-state index in [1.807, 2.05) is 4.72 Å². The van der Waals surface area contributed by atoms with Crippen LogP contribution in [0.4, 0.5) is 14.5 Å². The van der Waals surface area contributed by atoms with Crippen LogP contribution in [0.5, 0.6) is 0 Å². The molecule has 0 bridgehead atoms. The van der Waals surface area contributed by atoms with Gasteiger partial charge in [-0.3, -0.25) is 0 Å². The first-order valence-corrected chi connectivity index (χ1v) is 6.38. The van der Waals surface area contributed by atoms with Gasteiger partial charge in [0.1, 0.15) is 4.90 Å². The number of nitrogens with one attached hydrogen (secondary N) is 1. The van der Waals surface area contributed by atoms with Gasteiger partial charge in [-0.15, -0.1) is 0 Å². The average Bonchev–Trinajstić information content (AvgIpc) is 2.84. The molecule has 10 heteroatoms. The van der Waals surface area contributed by atoms with Crippen molar-refractivity contribution in [3.63, 3.8) is 0 Å². The number of hydrogen-bond acceptors (Lipinski definition) is 6. The van der Waals surface area contributed by atoms with Crippen LogP contribution in [0.1, 0.15) is 5.82 Å². The second-order valence-corrected chi connectivity index (χ2v) is 5.22. The van der Waals surface area contributed by atoms with Gasteiger partial charge in [0.2, 0.25) is 16.4 Å². The summed E-state index contributed by atoms with van der Waals surface area (Å²) < 4.78 is 56.5. The summed E-state index contributed by atoms with van der Waals surface area (Å²) in [6, 6.07) is 1.50. The molecule has 0 radical (unpaired) electrons. The standard InChI is InChI=1S/C9H8F2N4O3S/c10-6-1-5(12)2-7(9(6)11)19(16,17)14-3-8-13-4-18-15-8/h1-2,4,14H,3,12H2. The van der Waals surface area contributed by atoms with Crippen LogP contribution in [-0.2, 0) is 16.6 Å². The molecule has 0 aliphatic heterocycles. The van der Waals surface area contributed by atoms with Crippen molar-refractivity contribution in [1.29, 1.82) is 0 Å². The molecule has 0 spiro atoms. The lowest BCUT2D eigenvalue weighted by molar-refractivity contribution is 0.409. The highest BCUT2D eigenvalue weighted by atomic mass is 32.2. The monoisotopic (exact) mass is 290 g/mol. The Kier molecular flexibility index (Phi) is 3.44. The minimum Gasteiger partial charge on any atom is -0.399 e. The first kappa shape index (κ1) is 13.4. The van der Waals surface area contributed by atoms with E-state index < -0.39 is 26.6 Å². The summed E-state index contributed by atoms with van der Waals surface area (Å²) in [4.78, 5) is 2.69. The Morgan fingerprint density at radius 2 is 2.11 bits per heavy atom. The maximum atomic E-state index is 13.4. The van der Waals surface area contributed by atoms with Gasteiger partial charge in [0.05, 0.1) is 6.54 Å². The maximum Gasteiger partial charge on any atom is 0.244 e. The van der Waals surface area contributed by atoms with Gasteiger partial charge in [0, 0.05) is 5.69 Å². The zero-order valence-corrected chi connectivity index (χ0v) is 10.1. The van der Waals surface area contributed by atoms with Crippen molar-refractivity contribution >= 4 is 15.7 Å². The summed E-state index contributed by atoms with van der Waals surface area (Å²) in [6.45, 7) is -0.325. The minimum atomic E-state index is -4.28. The van der Waals surface area contributed by atoms with Crippen molar-refractivity contribution in [2.45, 2.75) is 11.4 Å². The molecular weight excluding hydrogens is 282 g/mol. The lowest BCUT2D eigenvalue weighted by Gasteiger charge is -2.07. The molecule has 0 atom stereocenters. The smallest absolute Gasteiger partial charge is 0.244 e. The first-order chi connectivity index (χ1) is 8.90. The predicted molar refractivity (Wildman–Crippen MR) is 59.1 cm³/mol. The third-order valence-corrected chi connectivity index (χ3v) is 3.53. The average molecular weight is 290 g/mol. The van der Waals surface area contributed by atoms with Gasteiger partial charge in [-0.05, 0) is 12.1 Å². The largest absolute Gasteiger partial charge is 0.399 e. The second kappa shape index (κ2) is 4.90. The highest BCUT2D eigenvalue weighted by Gasteiger charge is 2.23. The number of nitrogens with zero attached hydrogens (tertiary/aromatic N) is 2. The number of hydrogen-bond donors (Lipinski definition) is 2. The van der Waals surface area contributed by atoms with Gasteiger partial charge in [0.15, 0.2) is 17.5 Å². The fourth-order valence-electron chi connectivity index (χ4n) is 1.29. The quantitative estimate of drug-likeness (QED) is 0.789. The molecule has 0 aliphatic rings. The molecule has 0 fully saturated rings. The normalized spacial score (nSPS) is 11.7. The molecule has 1 heterocycles. The summed E-state index contributed by atoms with van der Waals surface area (Å²) in [5, 5.41) is 3.36. The van der Waals surface area contributed by atoms with Crippen LogP contribution in [0.15, 0.2) is 27.9 Å². The maximum absolute atomic E-state index is 13.4. The molecule has 1 aromatic heterocycles. The molecule has 2 aromatic rings. The molecule has 2 rings (SSSR count). The van der Waals surface area contributed by atoms with E-state index >= 15 is 0 Å². The molecule has 0 aliphatic carbocycles. The predicted octanol–water partition coefficient (Wildman–Crippen LogP) is 0.409. The number of benzene rings is 1. The lowest BCUT2D eigenvalue weighted by Crippen LogP contribution is -2.25. The van der Waals surface area contributed by atoms with Crippen LogP contribution in [-0.4, -0.2) is 18.6 Å². The Bertz CT molecular complexity index is 688. The Hall–Kier alpha value is -2.07. The SMILES string of the molecule is Nc1cc(F)c(F)c(S(=O)(=O)NCc2ncon2)c1. The van der Waals surface area contributed by atoms with Crippen LogP contribution in [0.3, 0.4) is 0 Å². The third-order valence-electron chi connectivity index (χ3n) is 2.13. The van der Waals surface area contributed by atoms with Crippen LogP contribution in [0.25, 0.3) is 0 Å². The number of anilines is 1. The summed E-state index contributed by atoms with van der Waals surface area (Å²) in [5.74, 6) is -2.80. The molecule has 102 valence electrons. The van der Waals surface area contributed by atoms with E-state index in [1.165, 1.54) is 0 Å². The van der Waals surface area contributed by atoms with Gasteiger partial charge < -0.3 is 10.3 Å². The fourth-order valence-corrected chi connectivity index (χ4v) is 2.39. The van der Waals surface area contributed by atoms with Crippen molar-refractivity contribution in [3.05, 3.63) is 36.0 Å². The fraction of sp³-hybridized carbons (Fsp3) is 0.111. The Balaban J connectivity index is 2.29. The van der Waals surface area contributed by atoms with Crippen LogP contribution < -0.4 is 10.5 Å². The summed E-state index contributed by atoms with van der Waals surface area (Å²) >= 11 is 0. The van der Waals surface area contributed by atoms with Gasteiger partial charge >= 0.3 is 0 Å². The van der Waals surface area contributed by atoms with Crippen LogP contribution in [0, 0.1) is 11.6 Å². The van der Waals surface area contributed by atoms with Crippen molar-refractivity contribution in [2.75, 3.05) is 5.73 Å². The lowest BCUT2D eigenvalue weighted by atomic mass is 10.3. The Morgan fingerprint density at radius 3 is 2.74 bits per heavy atom. The molecule has 3 N–H and O–H groups in total. The van der Waals surface area contributed by atoms with Crippen LogP contribution >= 0.6 is 0 Å². The number of nitrogens with two attached hydrogens (primary N) is 1. The number of aromatic nitrogens is 2. The molecule has 0 amide bonds. The summed E-state index contributed by atoms with van der Waals surface area (Å²) in [5.41, 5.74) is 5.07. The Morgan fingerprint density at radius 1 is 1.37 bits per heavy atom. The van der Waals surface area contributed by atoms with E-state index in [-0.39, 0.29) is 18.1 Å². The zero-order chi connectivity index (χ0) is 14.0. The number of rotatable bonds is 4. The number of halogens is 2. The minimum absolute atomic E-state index is 0.0494. The highest BCUT2D eigenvalue weighted by Crippen LogP contribution is 2.20.